The maximum Gasteiger partial charge on any atom is 0.163 e. The Morgan fingerprint density at radius 1 is 1.27 bits per heavy atom. The van der Waals surface area contributed by atoms with E-state index in [9.17, 15) is 13.2 Å². The normalized spacial score (nSPS) is 15.1. The van der Waals surface area contributed by atoms with Gasteiger partial charge in [0.05, 0.1) is 0 Å². The Hall–Kier alpha value is -1.03. The summed E-state index contributed by atoms with van der Waals surface area (Å²) in [5.74, 6) is -3.07. The molecule has 0 aliphatic carbocycles. The van der Waals surface area contributed by atoms with Crippen molar-refractivity contribution < 1.29 is 13.2 Å². The summed E-state index contributed by atoms with van der Waals surface area (Å²) in [5.41, 5.74) is 5.62. The summed E-state index contributed by atoms with van der Waals surface area (Å²) >= 11 is 0. The van der Waals surface area contributed by atoms with Crippen molar-refractivity contribution in [3.8, 4) is 0 Å². The van der Waals surface area contributed by atoms with Crippen LogP contribution in [0.25, 0.3) is 0 Å². The first-order chi connectivity index (χ1) is 6.97. The van der Waals surface area contributed by atoms with Gasteiger partial charge in [-0.1, -0.05) is 20.3 Å². The van der Waals surface area contributed by atoms with E-state index in [1.54, 1.807) is 0 Å². The molecule has 1 unspecified atom stereocenters. The molecule has 0 radical (unpaired) electrons. The molecule has 0 heterocycles. The molecule has 0 amide bonds. The van der Waals surface area contributed by atoms with E-state index in [1.807, 2.05) is 13.8 Å². The monoisotopic (exact) mass is 217 g/mol. The highest BCUT2D eigenvalue weighted by Crippen LogP contribution is 2.26. The molecular formula is C11H14F3N. The molecule has 0 aliphatic rings. The van der Waals surface area contributed by atoms with Gasteiger partial charge in [0, 0.05) is 17.7 Å². The molecule has 1 nitrogen and oxygen atoms in total. The van der Waals surface area contributed by atoms with Gasteiger partial charge < -0.3 is 5.73 Å². The molecule has 0 aliphatic heterocycles. The number of halogens is 3. The average molecular weight is 217 g/mol. The highest BCUT2D eigenvalue weighted by atomic mass is 19.2. The zero-order valence-electron chi connectivity index (χ0n) is 8.73. The van der Waals surface area contributed by atoms with Crippen LogP contribution in [0.15, 0.2) is 12.1 Å². The van der Waals surface area contributed by atoms with E-state index in [0.717, 1.165) is 12.5 Å². The molecule has 2 atom stereocenters. The predicted octanol–water partition coefficient (Wildman–Crippen LogP) is 3.15. The molecule has 0 saturated carbocycles. The summed E-state index contributed by atoms with van der Waals surface area (Å²) < 4.78 is 39.1. The summed E-state index contributed by atoms with van der Waals surface area (Å²) in [7, 11) is 0. The minimum Gasteiger partial charge on any atom is -0.324 e. The molecule has 0 aromatic heterocycles. The van der Waals surface area contributed by atoms with Crippen LogP contribution in [0.4, 0.5) is 13.2 Å². The Balaban J connectivity index is 3.13. The SMILES string of the molecule is CCC(C)[C@@H](N)c1cc(F)cc(F)c1F. The lowest BCUT2D eigenvalue weighted by Crippen LogP contribution is -2.20. The van der Waals surface area contributed by atoms with E-state index < -0.39 is 23.5 Å². The molecule has 2 N–H and O–H groups in total. The van der Waals surface area contributed by atoms with Crippen LogP contribution in [-0.4, -0.2) is 0 Å². The van der Waals surface area contributed by atoms with E-state index in [1.165, 1.54) is 0 Å². The third-order valence-electron chi connectivity index (χ3n) is 2.64. The Kier molecular flexibility index (Phi) is 3.74. The van der Waals surface area contributed by atoms with Crippen LogP contribution in [-0.2, 0) is 0 Å². The van der Waals surface area contributed by atoms with Gasteiger partial charge in [-0.15, -0.1) is 0 Å². The second-order valence-corrected chi connectivity index (χ2v) is 3.70. The number of nitrogens with two attached hydrogens (primary N) is 1. The smallest absolute Gasteiger partial charge is 0.163 e. The van der Waals surface area contributed by atoms with Gasteiger partial charge in [-0.2, -0.15) is 0 Å². The van der Waals surface area contributed by atoms with Gasteiger partial charge in [-0.25, -0.2) is 13.2 Å². The molecule has 1 rings (SSSR count). The van der Waals surface area contributed by atoms with Crippen molar-refractivity contribution in [3.63, 3.8) is 0 Å². The third-order valence-corrected chi connectivity index (χ3v) is 2.64. The Morgan fingerprint density at radius 3 is 2.40 bits per heavy atom. The highest BCUT2D eigenvalue weighted by Gasteiger charge is 2.20. The van der Waals surface area contributed by atoms with Gasteiger partial charge >= 0.3 is 0 Å². The minimum absolute atomic E-state index is 0.0271. The first kappa shape index (κ1) is 12.0. The molecule has 0 fully saturated rings. The second kappa shape index (κ2) is 4.66. The summed E-state index contributed by atoms with van der Waals surface area (Å²) in [6, 6.07) is 0.789. The second-order valence-electron chi connectivity index (χ2n) is 3.70. The van der Waals surface area contributed by atoms with Gasteiger partial charge in [0.2, 0.25) is 0 Å². The van der Waals surface area contributed by atoms with E-state index in [2.05, 4.69) is 0 Å². The number of hydrogen-bond acceptors (Lipinski definition) is 1. The van der Waals surface area contributed by atoms with Crippen molar-refractivity contribution in [3.05, 3.63) is 35.1 Å². The first-order valence-corrected chi connectivity index (χ1v) is 4.87. The highest BCUT2D eigenvalue weighted by molar-refractivity contribution is 5.23. The van der Waals surface area contributed by atoms with E-state index in [4.69, 9.17) is 5.73 Å². The van der Waals surface area contributed by atoms with Crippen LogP contribution in [0.3, 0.4) is 0 Å². The number of rotatable bonds is 3. The van der Waals surface area contributed by atoms with Crippen LogP contribution in [0.1, 0.15) is 31.9 Å². The lowest BCUT2D eigenvalue weighted by Gasteiger charge is -2.19. The molecular weight excluding hydrogens is 203 g/mol. The fourth-order valence-corrected chi connectivity index (χ4v) is 1.38. The quantitative estimate of drug-likeness (QED) is 0.773. The van der Waals surface area contributed by atoms with Gasteiger partial charge in [0.15, 0.2) is 11.6 Å². The van der Waals surface area contributed by atoms with Crippen LogP contribution < -0.4 is 5.73 Å². The predicted molar refractivity (Wildman–Crippen MR) is 52.7 cm³/mol. The number of hydrogen-bond donors (Lipinski definition) is 1. The van der Waals surface area contributed by atoms with E-state index >= 15 is 0 Å². The molecule has 84 valence electrons. The van der Waals surface area contributed by atoms with Gasteiger partial charge in [-0.3, -0.25) is 0 Å². The third kappa shape index (κ3) is 2.50. The van der Waals surface area contributed by atoms with Gasteiger partial charge in [0.25, 0.3) is 0 Å². The van der Waals surface area contributed by atoms with Crippen molar-refractivity contribution in [2.24, 2.45) is 11.7 Å². The largest absolute Gasteiger partial charge is 0.324 e. The topological polar surface area (TPSA) is 26.0 Å². The van der Waals surface area contributed by atoms with Crippen molar-refractivity contribution in [2.45, 2.75) is 26.3 Å². The van der Waals surface area contributed by atoms with E-state index in [-0.39, 0.29) is 11.5 Å². The molecule has 0 bridgehead atoms. The number of benzene rings is 1. The molecule has 1 aromatic rings. The van der Waals surface area contributed by atoms with Crippen LogP contribution in [0, 0.1) is 23.4 Å². The maximum absolute atomic E-state index is 13.3. The Bertz CT molecular complexity index is 352. The minimum atomic E-state index is -1.19. The molecule has 0 saturated heterocycles. The zero-order chi connectivity index (χ0) is 11.6. The molecule has 15 heavy (non-hydrogen) atoms. The molecule has 0 spiro atoms. The van der Waals surface area contributed by atoms with Crippen molar-refractivity contribution in [1.29, 1.82) is 0 Å². The average Bonchev–Trinajstić information content (AvgIpc) is 2.21. The Labute approximate surface area is 87.1 Å². The lowest BCUT2D eigenvalue weighted by molar-refractivity contribution is 0.417. The Morgan fingerprint density at radius 2 is 1.87 bits per heavy atom. The zero-order valence-corrected chi connectivity index (χ0v) is 8.73. The summed E-state index contributed by atoms with van der Waals surface area (Å²) in [5, 5.41) is 0. The van der Waals surface area contributed by atoms with Crippen molar-refractivity contribution in [2.75, 3.05) is 0 Å². The first-order valence-electron chi connectivity index (χ1n) is 4.87. The fraction of sp³-hybridized carbons (Fsp3) is 0.455. The van der Waals surface area contributed by atoms with Crippen LogP contribution in [0.5, 0.6) is 0 Å². The lowest BCUT2D eigenvalue weighted by atomic mass is 9.93. The maximum atomic E-state index is 13.3. The van der Waals surface area contributed by atoms with Crippen molar-refractivity contribution in [1.82, 2.24) is 0 Å². The summed E-state index contributed by atoms with van der Waals surface area (Å²) in [6.07, 6.45) is 0.721. The van der Waals surface area contributed by atoms with Gasteiger partial charge in [-0.05, 0) is 12.0 Å². The summed E-state index contributed by atoms with van der Waals surface area (Å²) in [6.45, 7) is 3.70. The summed E-state index contributed by atoms with van der Waals surface area (Å²) in [4.78, 5) is 0. The van der Waals surface area contributed by atoms with Crippen molar-refractivity contribution >= 4 is 0 Å². The van der Waals surface area contributed by atoms with E-state index in [0.29, 0.717) is 6.07 Å². The standard InChI is InChI=1S/C11H14F3N/c1-3-6(2)11(15)8-4-7(12)5-9(13)10(8)14/h4-6,11H,3,15H2,1-2H3/t6?,11-/m1/s1. The molecule has 1 aromatic carbocycles. The fourth-order valence-electron chi connectivity index (χ4n) is 1.38. The van der Waals surface area contributed by atoms with Crippen LogP contribution in [0.2, 0.25) is 0 Å². The van der Waals surface area contributed by atoms with Crippen LogP contribution >= 0.6 is 0 Å². The molecule has 4 heteroatoms. The van der Waals surface area contributed by atoms with Gasteiger partial charge in [0.1, 0.15) is 5.82 Å².